The molecule has 2 N–H and O–H groups in total. The molecule has 0 saturated carbocycles. The van der Waals surface area contributed by atoms with E-state index in [1.165, 1.54) is 7.05 Å². The van der Waals surface area contributed by atoms with Gasteiger partial charge in [-0.05, 0) is 12.5 Å². The minimum Gasteiger partial charge on any atom is -0.493 e. The van der Waals surface area contributed by atoms with Crippen molar-refractivity contribution in [2.75, 3.05) is 45.8 Å². The zero-order valence-electron chi connectivity index (χ0n) is 17.0. The number of hydrogen-bond acceptors (Lipinski definition) is 7. The number of nitrogens with zero attached hydrogens (tertiary/aromatic N) is 4. The van der Waals surface area contributed by atoms with Gasteiger partial charge >= 0.3 is 0 Å². The largest absolute Gasteiger partial charge is 0.493 e. The Balaban J connectivity index is 1.89. The standard InChI is InChI=1S/C19H25N5O4S/c1-19(5-6-23(2)29(21,25)26)11-24(12-19)18-13(9-20)10-22-15-8-17(28-4)16(27-3)7-14(15)18/h7-8,10H,5-6,11-12H2,1-4H3,(H2,21,25,26). The third-order valence-electron chi connectivity index (χ3n) is 5.39. The number of rotatable bonds is 7. The minimum absolute atomic E-state index is 0.0855. The van der Waals surface area contributed by atoms with Crippen LogP contribution in [0.3, 0.4) is 0 Å². The lowest BCUT2D eigenvalue weighted by atomic mass is 9.78. The van der Waals surface area contributed by atoms with Crippen LogP contribution in [0, 0.1) is 16.7 Å². The smallest absolute Gasteiger partial charge is 0.276 e. The molecule has 2 aromatic rings. The Morgan fingerprint density at radius 2 is 1.93 bits per heavy atom. The van der Waals surface area contributed by atoms with Crippen LogP contribution in [0.4, 0.5) is 5.69 Å². The van der Waals surface area contributed by atoms with Gasteiger partial charge in [0.05, 0.1) is 31.0 Å². The van der Waals surface area contributed by atoms with E-state index in [1.54, 1.807) is 26.5 Å². The van der Waals surface area contributed by atoms with Crippen LogP contribution in [0.1, 0.15) is 18.9 Å². The molecular formula is C19H25N5O4S. The molecule has 0 amide bonds. The summed E-state index contributed by atoms with van der Waals surface area (Å²) in [5.41, 5.74) is 1.90. The molecule has 0 aliphatic carbocycles. The number of ether oxygens (including phenoxy) is 2. The number of fused-ring (bicyclic) bond motifs is 1. The van der Waals surface area contributed by atoms with Crippen molar-refractivity contribution < 1.29 is 17.9 Å². The van der Waals surface area contributed by atoms with E-state index in [0.717, 1.165) is 15.4 Å². The first-order chi connectivity index (χ1) is 13.6. The first-order valence-electron chi connectivity index (χ1n) is 9.06. The zero-order valence-corrected chi connectivity index (χ0v) is 17.8. The van der Waals surface area contributed by atoms with Gasteiger partial charge in [-0.15, -0.1) is 0 Å². The molecule has 1 aromatic carbocycles. The molecule has 0 spiro atoms. The van der Waals surface area contributed by atoms with Gasteiger partial charge < -0.3 is 14.4 Å². The molecule has 1 fully saturated rings. The number of hydrogen-bond donors (Lipinski definition) is 1. The fraction of sp³-hybridized carbons (Fsp3) is 0.474. The summed E-state index contributed by atoms with van der Waals surface area (Å²) in [6.45, 7) is 3.82. The third kappa shape index (κ3) is 4.07. The summed E-state index contributed by atoms with van der Waals surface area (Å²) < 4.78 is 34.7. The van der Waals surface area contributed by atoms with Crippen LogP contribution in [0.25, 0.3) is 10.9 Å². The van der Waals surface area contributed by atoms with Crippen molar-refractivity contribution in [1.29, 1.82) is 5.26 Å². The zero-order chi connectivity index (χ0) is 21.4. The van der Waals surface area contributed by atoms with E-state index in [4.69, 9.17) is 14.6 Å². The first kappa shape index (κ1) is 21.1. The van der Waals surface area contributed by atoms with Gasteiger partial charge in [0.25, 0.3) is 10.2 Å². The predicted molar refractivity (Wildman–Crippen MR) is 110 cm³/mol. The molecule has 1 aromatic heterocycles. The van der Waals surface area contributed by atoms with Gasteiger partial charge in [0.15, 0.2) is 11.5 Å². The van der Waals surface area contributed by atoms with Crippen LogP contribution < -0.4 is 19.5 Å². The summed E-state index contributed by atoms with van der Waals surface area (Å²) in [5.74, 6) is 1.14. The quantitative estimate of drug-likeness (QED) is 0.721. The number of nitriles is 1. The Bertz CT molecular complexity index is 1070. The molecule has 10 heteroatoms. The third-order valence-corrected chi connectivity index (χ3v) is 6.44. The van der Waals surface area contributed by atoms with Crippen LogP contribution in [0.15, 0.2) is 18.3 Å². The van der Waals surface area contributed by atoms with Gasteiger partial charge in [-0.1, -0.05) is 6.92 Å². The van der Waals surface area contributed by atoms with Crippen molar-refractivity contribution >= 4 is 26.8 Å². The molecule has 1 aliphatic rings. The number of aromatic nitrogens is 1. The Kier molecular flexibility index (Phi) is 5.58. The number of nitrogens with two attached hydrogens (primary N) is 1. The predicted octanol–water partition coefficient (Wildman–Crippen LogP) is 1.48. The topological polar surface area (TPSA) is 122 Å². The lowest BCUT2D eigenvalue weighted by Gasteiger charge is -2.50. The van der Waals surface area contributed by atoms with Gasteiger partial charge in [0.2, 0.25) is 0 Å². The van der Waals surface area contributed by atoms with Crippen molar-refractivity contribution in [2.24, 2.45) is 10.6 Å². The summed E-state index contributed by atoms with van der Waals surface area (Å²) in [6.07, 6.45) is 2.23. The highest BCUT2D eigenvalue weighted by Gasteiger charge is 2.40. The van der Waals surface area contributed by atoms with Gasteiger partial charge in [0.1, 0.15) is 6.07 Å². The second kappa shape index (κ2) is 7.67. The van der Waals surface area contributed by atoms with Crippen LogP contribution in [-0.4, -0.2) is 58.6 Å². The lowest BCUT2D eigenvalue weighted by molar-refractivity contribution is 0.209. The molecule has 1 aliphatic heterocycles. The summed E-state index contributed by atoms with van der Waals surface area (Å²) in [4.78, 5) is 6.50. The van der Waals surface area contributed by atoms with Crippen molar-refractivity contribution in [2.45, 2.75) is 13.3 Å². The normalized spacial score (nSPS) is 15.8. The molecule has 0 bridgehead atoms. The van der Waals surface area contributed by atoms with Gasteiger partial charge in [-0.25, -0.2) is 5.14 Å². The van der Waals surface area contributed by atoms with Gasteiger partial charge in [0, 0.05) is 49.7 Å². The van der Waals surface area contributed by atoms with Gasteiger partial charge in [-0.2, -0.15) is 18.0 Å². The summed E-state index contributed by atoms with van der Waals surface area (Å²) in [7, 11) is 0.911. The SMILES string of the molecule is COc1cc2ncc(C#N)c(N3CC(C)(CCN(C)S(N)(=O)=O)C3)c2cc1OC. The van der Waals surface area contributed by atoms with Crippen molar-refractivity contribution in [3.05, 3.63) is 23.9 Å². The van der Waals surface area contributed by atoms with E-state index in [2.05, 4.69) is 22.9 Å². The van der Waals surface area contributed by atoms with E-state index in [1.807, 2.05) is 6.07 Å². The summed E-state index contributed by atoms with van der Waals surface area (Å²) >= 11 is 0. The monoisotopic (exact) mass is 419 g/mol. The molecule has 3 rings (SSSR count). The van der Waals surface area contributed by atoms with Gasteiger partial charge in [-0.3, -0.25) is 4.98 Å². The second-order valence-electron chi connectivity index (χ2n) is 7.64. The van der Waals surface area contributed by atoms with E-state index in [-0.39, 0.29) is 5.41 Å². The maximum Gasteiger partial charge on any atom is 0.276 e. The minimum atomic E-state index is -3.69. The Hall–Kier alpha value is -2.61. The van der Waals surface area contributed by atoms with Crippen molar-refractivity contribution in [3.8, 4) is 17.6 Å². The fourth-order valence-electron chi connectivity index (χ4n) is 3.67. The molecule has 0 radical (unpaired) electrons. The van der Waals surface area contributed by atoms with Crippen molar-refractivity contribution in [3.63, 3.8) is 0 Å². The van der Waals surface area contributed by atoms with E-state index < -0.39 is 10.2 Å². The summed E-state index contributed by atoms with van der Waals surface area (Å²) in [6, 6.07) is 5.85. The second-order valence-corrected chi connectivity index (χ2v) is 9.29. The molecule has 29 heavy (non-hydrogen) atoms. The Morgan fingerprint density at radius 1 is 1.31 bits per heavy atom. The average Bonchev–Trinajstić information content (AvgIpc) is 2.67. The highest BCUT2D eigenvalue weighted by molar-refractivity contribution is 7.86. The molecule has 1 saturated heterocycles. The average molecular weight is 420 g/mol. The number of benzene rings is 1. The number of anilines is 1. The molecule has 9 nitrogen and oxygen atoms in total. The molecule has 2 heterocycles. The lowest BCUT2D eigenvalue weighted by Crippen LogP contribution is -2.56. The maximum absolute atomic E-state index is 11.4. The molecule has 156 valence electrons. The van der Waals surface area contributed by atoms with Crippen LogP contribution in [0.5, 0.6) is 11.5 Å². The van der Waals surface area contributed by atoms with E-state index >= 15 is 0 Å². The number of pyridine rings is 1. The highest BCUT2D eigenvalue weighted by atomic mass is 32.2. The Labute approximate surface area is 170 Å². The van der Waals surface area contributed by atoms with Crippen LogP contribution >= 0.6 is 0 Å². The molecule has 0 unspecified atom stereocenters. The first-order valence-corrected chi connectivity index (χ1v) is 10.6. The number of methoxy groups -OCH3 is 2. The van der Waals surface area contributed by atoms with Crippen LogP contribution in [-0.2, 0) is 10.2 Å². The molecule has 0 atom stereocenters. The molecular weight excluding hydrogens is 394 g/mol. The maximum atomic E-state index is 11.4. The summed E-state index contributed by atoms with van der Waals surface area (Å²) in [5, 5.41) is 15.6. The van der Waals surface area contributed by atoms with E-state index in [0.29, 0.717) is 48.6 Å². The highest BCUT2D eigenvalue weighted by Crippen LogP contribution is 2.43. The fourth-order valence-corrected chi connectivity index (χ4v) is 4.02. The van der Waals surface area contributed by atoms with E-state index in [9.17, 15) is 13.7 Å². The van der Waals surface area contributed by atoms with Crippen molar-refractivity contribution in [1.82, 2.24) is 9.29 Å². The Morgan fingerprint density at radius 3 is 2.48 bits per heavy atom. The van der Waals surface area contributed by atoms with Crippen LogP contribution in [0.2, 0.25) is 0 Å².